The molecule has 0 radical (unpaired) electrons. The number of hydrogen-bond acceptors (Lipinski definition) is 6. The third-order valence-corrected chi connectivity index (χ3v) is 5.38. The molecular weight excluding hydrogens is 340 g/mol. The molecule has 1 aliphatic carbocycles. The average Bonchev–Trinajstić information content (AvgIpc) is 3.13. The molecule has 0 spiro atoms. The van der Waals surface area contributed by atoms with Crippen molar-refractivity contribution in [3.05, 3.63) is 51.8 Å². The van der Waals surface area contributed by atoms with Gasteiger partial charge < -0.3 is 9.84 Å². The molecule has 0 aliphatic heterocycles. The lowest BCUT2D eigenvalue weighted by Gasteiger charge is -2.17. The Bertz CT molecular complexity index is 828. The van der Waals surface area contributed by atoms with E-state index in [0.29, 0.717) is 16.5 Å². The van der Waals surface area contributed by atoms with Crippen LogP contribution in [0.25, 0.3) is 0 Å². The lowest BCUT2D eigenvalue weighted by atomic mass is 10.1. The Morgan fingerprint density at radius 2 is 2.08 bits per heavy atom. The Balaban J connectivity index is 1.89. The molecule has 1 aliphatic rings. The van der Waals surface area contributed by atoms with Gasteiger partial charge in [0.25, 0.3) is 5.56 Å². The fourth-order valence-electron chi connectivity index (χ4n) is 3.16. The van der Waals surface area contributed by atoms with Crippen molar-refractivity contribution in [1.29, 1.82) is 0 Å². The highest BCUT2D eigenvalue weighted by atomic mass is 32.2. The third kappa shape index (κ3) is 3.87. The van der Waals surface area contributed by atoms with E-state index in [9.17, 15) is 14.7 Å². The smallest absolute Gasteiger partial charge is 0.338 e. The van der Waals surface area contributed by atoms with Crippen molar-refractivity contribution in [2.45, 2.75) is 42.6 Å². The summed E-state index contributed by atoms with van der Waals surface area (Å²) in [7, 11) is 1.35. The SMILES string of the molecule is COC(=O)c1ccccc1CSc1nc(O)cc(=O)n1C1CCCC1. The van der Waals surface area contributed by atoms with Crippen molar-refractivity contribution >= 4 is 17.7 Å². The highest BCUT2D eigenvalue weighted by molar-refractivity contribution is 7.98. The van der Waals surface area contributed by atoms with Crippen molar-refractivity contribution < 1.29 is 14.6 Å². The molecule has 132 valence electrons. The van der Waals surface area contributed by atoms with Crippen LogP contribution in [0.15, 0.2) is 40.3 Å². The van der Waals surface area contributed by atoms with E-state index < -0.39 is 5.97 Å². The van der Waals surface area contributed by atoms with Crippen LogP contribution < -0.4 is 5.56 Å². The molecule has 1 heterocycles. The standard InChI is InChI=1S/C18H20N2O4S/c1-24-17(23)14-9-5-2-6-12(14)11-25-18-19-15(21)10-16(22)20(18)13-7-3-4-8-13/h2,5-6,9-10,13,21H,3-4,7-8,11H2,1H3. The molecule has 0 amide bonds. The molecule has 1 saturated carbocycles. The van der Waals surface area contributed by atoms with Crippen molar-refractivity contribution in [1.82, 2.24) is 9.55 Å². The van der Waals surface area contributed by atoms with E-state index in [-0.39, 0.29) is 17.5 Å². The number of methoxy groups -OCH3 is 1. The van der Waals surface area contributed by atoms with Crippen LogP contribution in [-0.4, -0.2) is 27.7 Å². The predicted molar refractivity (Wildman–Crippen MR) is 95.0 cm³/mol. The molecule has 1 aromatic heterocycles. The Labute approximate surface area is 149 Å². The van der Waals surface area contributed by atoms with Gasteiger partial charge in [-0.25, -0.2) is 4.79 Å². The Hall–Kier alpha value is -2.28. The van der Waals surface area contributed by atoms with Gasteiger partial charge in [-0.2, -0.15) is 4.98 Å². The van der Waals surface area contributed by atoms with E-state index in [1.54, 1.807) is 16.7 Å². The number of ether oxygens (including phenoxy) is 1. The Morgan fingerprint density at radius 3 is 2.80 bits per heavy atom. The first-order chi connectivity index (χ1) is 12.1. The Kier molecular flexibility index (Phi) is 5.43. The van der Waals surface area contributed by atoms with Crippen LogP contribution in [-0.2, 0) is 10.5 Å². The van der Waals surface area contributed by atoms with Gasteiger partial charge in [0, 0.05) is 11.8 Å². The van der Waals surface area contributed by atoms with Crippen molar-refractivity contribution in [2.75, 3.05) is 7.11 Å². The largest absolute Gasteiger partial charge is 0.493 e. The van der Waals surface area contributed by atoms with E-state index in [1.807, 2.05) is 12.1 Å². The number of hydrogen-bond donors (Lipinski definition) is 1. The maximum Gasteiger partial charge on any atom is 0.338 e. The van der Waals surface area contributed by atoms with E-state index in [1.165, 1.54) is 18.9 Å². The van der Waals surface area contributed by atoms with Crippen LogP contribution in [0.2, 0.25) is 0 Å². The van der Waals surface area contributed by atoms with Gasteiger partial charge >= 0.3 is 5.97 Å². The maximum absolute atomic E-state index is 12.4. The lowest BCUT2D eigenvalue weighted by Crippen LogP contribution is -2.25. The van der Waals surface area contributed by atoms with E-state index in [2.05, 4.69) is 4.98 Å². The van der Waals surface area contributed by atoms with Gasteiger partial charge in [-0.3, -0.25) is 9.36 Å². The molecule has 0 unspecified atom stereocenters. The minimum atomic E-state index is -0.395. The first-order valence-electron chi connectivity index (χ1n) is 8.21. The Morgan fingerprint density at radius 1 is 1.36 bits per heavy atom. The number of aromatic nitrogens is 2. The molecule has 0 saturated heterocycles. The van der Waals surface area contributed by atoms with Crippen LogP contribution in [0, 0.1) is 0 Å². The van der Waals surface area contributed by atoms with Crippen molar-refractivity contribution in [3.8, 4) is 5.88 Å². The summed E-state index contributed by atoms with van der Waals surface area (Å²) in [4.78, 5) is 28.4. The summed E-state index contributed by atoms with van der Waals surface area (Å²) in [6.07, 6.45) is 4.07. The van der Waals surface area contributed by atoms with E-state index >= 15 is 0 Å². The summed E-state index contributed by atoms with van der Waals surface area (Å²) in [5, 5.41) is 10.2. The molecule has 25 heavy (non-hydrogen) atoms. The molecule has 1 N–H and O–H groups in total. The van der Waals surface area contributed by atoms with Gasteiger partial charge in [0.2, 0.25) is 5.88 Å². The zero-order valence-corrected chi connectivity index (χ0v) is 14.8. The average molecular weight is 360 g/mol. The number of carbonyl (C=O) groups is 1. The molecule has 7 heteroatoms. The highest BCUT2D eigenvalue weighted by Crippen LogP contribution is 2.33. The maximum atomic E-state index is 12.4. The fraction of sp³-hybridized carbons (Fsp3) is 0.389. The predicted octanol–water partition coefficient (Wildman–Crippen LogP) is 3.14. The molecule has 6 nitrogen and oxygen atoms in total. The van der Waals surface area contributed by atoms with Crippen LogP contribution >= 0.6 is 11.8 Å². The number of aromatic hydroxyl groups is 1. The summed E-state index contributed by atoms with van der Waals surface area (Å²) in [6.45, 7) is 0. The summed E-state index contributed by atoms with van der Waals surface area (Å²) in [6, 6.07) is 8.47. The molecule has 0 atom stereocenters. The monoisotopic (exact) mass is 360 g/mol. The second-order valence-corrected chi connectivity index (χ2v) is 6.92. The second kappa shape index (κ2) is 7.74. The highest BCUT2D eigenvalue weighted by Gasteiger charge is 2.22. The van der Waals surface area contributed by atoms with Crippen LogP contribution in [0.5, 0.6) is 5.88 Å². The summed E-state index contributed by atoms with van der Waals surface area (Å²) < 4.78 is 6.49. The van der Waals surface area contributed by atoms with Crippen molar-refractivity contribution in [3.63, 3.8) is 0 Å². The molecule has 1 aromatic carbocycles. The molecule has 1 fully saturated rings. The quantitative estimate of drug-likeness (QED) is 0.501. The number of benzene rings is 1. The van der Waals surface area contributed by atoms with Gasteiger partial charge in [0.1, 0.15) is 0 Å². The molecular formula is C18H20N2O4S. The normalized spacial score (nSPS) is 14.6. The van der Waals surface area contributed by atoms with Crippen molar-refractivity contribution in [2.24, 2.45) is 0 Å². The van der Waals surface area contributed by atoms with E-state index in [4.69, 9.17) is 4.74 Å². The molecule has 0 bridgehead atoms. The third-order valence-electron chi connectivity index (χ3n) is 4.38. The summed E-state index contributed by atoms with van der Waals surface area (Å²) >= 11 is 1.34. The minimum absolute atomic E-state index is 0.124. The summed E-state index contributed by atoms with van der Waals surface area (Å²) in [5.74, 6) is -0.218. The second-order valence-electron chi connectivity index (χ2n) is 5.98. The first-order valence-corrected chi connectivity index (χ1v) is 9.20. The van der Waals surface area contributed by atoms with Gasteiger partial charge in [-0.05, 0) is 24.5 Å². The van der Waals surface area contributed by atoms with Crippen LogP contribution in [0.4, 0.5) is 0 Å². The number of esters is 1. The number of thioether (sulfide) groups is 1. The van der Waals surface area contributed by atoms with Crippen LogP contribution in [0.3, 0.4) is 0 Å². The van der Waals surface area contributed by atoms with E-state index in [0.717, 1.165) is 37.3 Å². The lowest BCUT2D eigenvalue weighted by molar-refractivity contribution is 0.0600. The fourth-order valence-corrected chi connectivity index (χ4v) is 4.23. The minimum Gasteiger partial charge on any atom is -0.493 e. The summed E-state index contributed by atoms with van der Waals surface area (Å²) in [5.41, 5.74) is 1.06. The van der Waals surface area contributed by atoms with Gasteiger partial charge in [0.15, 0.2) is 5.16 Å². The topological polar surface area (TPSA) is 81.4 Å². The number of nitrogens with zero attached hydrogens (tertiary/aromatic N) is 2. The first kappa shape index (κ1) is 17.5. The zero-order chi connectivity index (χ0) is 17.8. The number of carbonyl (C=O) groups excluding carboxylic acids is 1. The number of rotatable bonds is 5. The zero-order valence-electron chi connectivity index (χ0n) is 14.0. The van der Waals surface area contributed by atoms with Gasteiger partial charge in [-0.1, -0.05) is 42.8 Å². The molecule has 2 aromatic rings. The molecule has 3 rings (SSSR count). The van der Waals surface area contributed by atoms with Crippen LogP contribution in [0.1, 0.15) is 47.6 Å². The van der Waals surface area contributed by atoms with Gasteiger partial charge in [-0.15, -0.1) is 0 Å². The van der Waals surface area contributed by atoms with Gasteiger partial charge in [0.05, 0.1) is 18.7 Å².